The van der Waals surface area contributed by atoms with E-state index in [0.29, 0.717) is 0 Å². The lowest BCUT2D eigenvalue weighted by Crippen LogP contribution is -2.56. The Morgan fingerprint density at radius 3 is 2.35 bits per heavy atom. The van der Waals surface area contributed by atoms with Crippen molar-refractivity contribution < 1.29 is 18.0 Å². The summed E-state index contributed by atoms with van der Waals surface area (Å²) in [4.78, 5) is 21.9. The van der Waals surface area contributed by atoms with Crippen LogP contribution in [0.2, 0.25) is 0 Å². The second kappa shape index (κ2) is 4.26. The molecule has 96 valence electrons. The predicted octanol–water partition coefficient (Wildman–Crippen LogP) is -1.99. The number of nitrogens with zero attached hydrogens (tertiary/aromatic N) is 1. The average Bonchev–Trinajstić information content (AvgIpc) is 2.94. The molecule has 0 bridgehead atoms. The summed E-state index contributed by atoms with van der Waals surface area (Å²) in [5.41, 5.74) is 4.88. The summed E-state index contributed by atoms with van der Waals surface area (Å²) in [6.07, 6.45) is 1.44. The molecule has 0 atom stereocenters. The van der Waals surface area contributed by atoms with Crippen molar-refractivity contribution in [1.29, 1.82) is 0 Å². The zero-order valence-electron chi connectivity index (χ0n) is 9.26. The maximum Gasteiger partial charge on any atom is 0.236 e. The zero-order valence-corrected chi connectivity index (χ0v) is 10.1. The third kappa shape index (κ3) is 2.58. The third-order valence-electron chi connectivity index (χ3n) is 2.96. The van der Waals surface area contributed by atoms with Gasteiger partial charge >= 0.3 is 0 Å². The summed E-state index contributed by atoms with van der Waals surface area (Å²) in [5.74, 6) is -1.28. The van der Waals surface area contributed by atoms with E-state index in [4.69, 9.17) is 5.73 Å². The number of primary amides is 1. The number of hydrogen-bond acceptors (Lipinski definition) is 4. The van der Waals surface area contributed by atoms with Crippen LogP contribution in [-0.4, -0.2) is 49.4 Å². The molecule has 3 N–H and O–H groups in total. The van der Waals surface area contributed by atoms with E-state index in [1.807, 2.05) is 0 Å². The fraction of sp³-hybridized carbons (Fsp3) is 0.778. The van der Waals surface area contributed by atoms with E-state index in [0.717, 1.165) is 12.8 Å². The molecule has 17 heavy (non-hydrogen) atoms. The van der Waals surface area contributed by atoms with Crippen molar-refractivity contribution in [2.24, 2.45) is 11.7 Å². The summed E-state index contributed by atoms with van der Waals surface area (Å²) < 4.78 is 24.8. The lowest BCUT2D eigenvalue weighted by Gasteiger charge is -2.37. The Labute approximate surface area is 99.4 Å². The van der Waals surface area contributed by atoms with Gasteiger partial charge in [-0.25, -0.2) is 8.42 Å². The van der Waals surface area contributed by atoms with Crippen LogP contribution in [0.4, 0.5) is 0 Å². The standard InChI is InChI=1S/C9H15N3O4S/c10-8(13)3-11-9(14)6-4-12(5-6)17(15,16)7-1-2-7/h6-7H,1-5H2,(H2,10,13)(H,11,14). The van der Waals surface area contributed by atoms with Crippen molar-refractivity contribution in [3.8, 4) is 0 Å². The molecule has 0 spiro atoms. The topological polar surface area (TPSA) is 110 Å². The van der Waals surface area contributed by atoms with E-state index in [1.54, 1.807) is 0 Å². The van der Waals surface area contributed by atoms with E-state index in [-0.39, 0.29) is 36.7 Å². The van der Waals surface area contributed by atoms with Crippen LogP contribution in [0.15, 0.2) is 0 Å². The highest BCUT2D eigenvalue weighted by Gasteiger charge is 2.46. The Hall–Kier alpha value is -1.15. The van der Waals surface area contributed by atoms with Crippen LogP contribution in [0, 0.1) is 5.92 Å². The van der Waals surface area contributed by atoms with Gasteiger partial charge < -0.3 is 11.1 Å². The number of carbonyl (C=O) groups excluding carboxylic acids is 2. The Morgan fingerprint density at radius 1 is 1.29 bits per heavy atom. The van der Waals surface area contributed by atoms with E-state index in [9.17, 15) is 18.0 Å². The minimum atomic E-state index is -3.17. The molecule has 8 heteroatoms. The molecule has 2 rings (SSSR count). The van der Waals surface area contributed by atoms with Gasteiger partial charge in [0.05, 0.1) is 17.7 Å². The molecule has 0 aromatic rings. The van der Waals surface area contributed by atoms with E-state index < -0.39 is 15.9 Å². The molecule has 1 saturated heterocycles. The number of carbonyl (C=O) groups is 2. The lowest BCUT2D eigenvalue weighted by atomic mass is 10.0. The first kappa shape index (κ1) is 12.3. The molecule has 2 amide bonds. The normalized spacial score (nSPS) is 21.9. The second-order valence-electron chi connectivity index (χ2n) is 4.44. The monoisotopic (exact) mass is 261 g/mol. The third-order valence-corrected chi connectivity index (χ3v) is 5.29. The number of sulfonamides is 1. The highest BCUT2D eigenvalue weighted by molar-refractivity contribution is 7.90. The summed E-state index contributed by atoms with van der Waals surface area (Å²) in [6, 6.07) is 0. The van der Waals surface area contributed by atoms with E-state index >= 15 is 0 Å². The largest absolute Gasteiger partial charge is 0.368 e. The molecule has 7 nitrogen and oxygen atoms in total. The van der Waals surface area contributed by atoms with Crippen molar-refractivity contribution in [2.75, 3.05) is 19.6 Å². The highest BCUT2D eigenvalue weighted by Crippen LogP contribution is 2.34. The number of nitrogens with one attached hydrogen (secondary N) is 1. The van der Waals surface area contributed by atoms with Crippen molar-refractivity contribution in [1.82, 2.24) is 9.62 Å². The van der Waals surface area contributed by atoms with Gasteiger partial charge in [-0.1, -0.05) is 0 Å². The summed E-state index contributed by atoms with van der Waals surface area (Å²) >= 11 is 0. The van der Waals surface area contributed by atoms with Crippen LogP contribution in [-0.2, 0) is 19.6 Å². The molecule has 0 radical (unpaired) electrons. The predicted molar refractivity (Wildman–Crippen MR) is 59.2 cm³/mol. The Bertz CT molecular complexity index is 437. The van der Waals surface area contributed by atoms with Crippen molar-refractivity contribution >= 4 is 21.8 Å². The Morgan fingerprint density at radius 2 is 1.88 bits per heavy atom. The van der Waals surface area contributed by atoms with Crippen LogP contribution in [0.25, 0.3) is 0 Å². The van der Waals surface area contributed by atoms with E-state index in [1.165, 1.54) is 4.31 Å². The maximum absolute atomic E-state index is 11.7. The Balaban J connectivity index is 1.78. The SMILES string of the molecule is NC(=O)CNC(=O)C1CN(S(=O)(=O)C2CC2)C1. The molecule has 2 fully saturated rings. The van der Waals surface area contributed by atoms with Crippen LogP contribution in [0.5, 0.6) is 0 Å². The van der Waals surface area contributed by atoms with Gasteiger partial charge in [-0.15, -0.1) is 0 Å². The van der Waals surface area contributed by atoms with Gasteiger partial charge in [0.25, 0.3) is 0 Å². The lowest BCUT2D eigenvalue weighted by molar-refractivity contribution is -0.130. The minimum Gasteiger partial charge on any atom is -0.368 e. The molecule has 1 aliphatic carbocycles. The number of nitrogens with two attached hydrogens (primary N) is 1. The smallest absolute Gasteiger partial charge is 0.236 e. The second-order valence-corrected chi connectivity index (χ2v) is 6.66. The van der Waals surface area contributed by atoms with Crippen LogP contribution in [0.3, 0.4) is 0 Å². The van der Waals surface area contributed by atoms with Gasteiger partial charge in [-0.3, -0.25) is 9.59 Å². The van der Waals surface area contributed by atoms with Crippen molar-refractivity contribution in [3.05, 3.63) is 0 Å². The maximum atomic E-state index is 11.7. The zero-order chi connectivity index (χ0) is 12.6. The Kier molecular flexibility index (Phi) is 3.09. The fourth-order valence-corrected chi connectivity index (χ4v) is 3.64. The molecular weight excluding hydrogens is 246 g/mol. The first-order valence-corrected chi connectivity index (χ1v) is 6.96. The molecule has 1 heterocycles. The quantitative estimate of drug-likeness (QED) is 0.597. The fourth-order valence-electron chi connectivity index (χ4n) is 1.71. The van der Waals surface area contributed by atoms with Gasteiger partial charge in [0.15, 0.2) is 0 Å². The first-order valence-electron chi connectivity index (χ1n) is 5.46. The van der Waals surface area contributed by atoms with Crippen molar-refractivity contribution in [2.45, 2.75) is 18.1 Å². The average molecular weight is 261 g/mol. The van der Waals surface area contributed by atoms with Gasteiger partial charge in [0.1, 0.15) is 0 Å². The first-order chi connectivity index (χ1) is 7.91. The highest BCUT2D eigenvalue weighted by atomic mass is 32.2. The molecule has 0 aromatic carbocycles. The minimum absolute atomic E-state index is 0.204. The van der Waals surface area contributed by atoms with Crippen LogP contribution >= 0.6 is 0 Å². The van der Waals surface area contributed by atoms with Gasteiger partial charge in [-0.05, 0) is 12.8 Å². The van der Waals surface area contributed by atoms with Gasteiger partial charge in [0, 0.05) is 13.1 Å². The molecular formula is C9H15N3O4S. The molecule has 0 aromatic heterocycles. The summed E-state index contributed by atoms with van der Waals surface area (Å²) in [7, 11) is -3.17. The van der Waals surface area contributed by atoms with Gasteiger partial charge in [0.2, 0.25) is 21.8 Å². The molecule has 1 aliphatic heterocycles. The van der Waals surface area contributed by atoms with Crippen LogP contribution < -0.4 is 11.1 Å². The van der Waals surface area contributed by atoms with Gasteiger partial charge in [-0.2, -0.15) is 4.31 Å². The van der Waals surface area contributed by atoms with Crippen LogP contribution in [0.1, 0.15) is 12.8 Å². The molecule has 2 aliphatic rings. The molecule has 1 saturated carbocycles. The number of hydrogen-bond donors (Lipinski definition) is 2. The summed E-state index contributed by atoms with van der Waals surface area (Å²) in [6.45, 7) is 0.220. The summed E-state index contributed by atoms with van der Waals surface area (Å²) in [5, 5.41) is 2.13. The van der Waals surface area contributed by atoms with E-state index in [2.05, 4.69) is 5.32 Å². The number of amides is 2. The molecule has 0 unspecified atom stereocenters. The number of rotatable bonds is 5. The van der Waals surface area contributed by atoms with Crippen molar-refractivity contribution in [3.63, 3.8) is 0 Å².